The van der Waals surface area contributed by atoms with Crippen molar-refractivity contribution in [1.29, 1.82) is 0 Å². The number of nitrogens with one attached hydrogen (secondary N) is 3. The molecule has 6 rings (SSSR count). The number of hydrogen-bond donors (Lipinski definition) is 4. The minimum Gasteiger partial charge on any atom is -0.365 e. The van der Waals surface area contributed by atoms with Crippen LogP contribution >= 0.6 is 24.8 Å². The molecular formula is C28H40Cl2FN9O2. The van der Waals surface area contributed by atoms with Gasteiger partial charge in [0.25, 0.3) is 0 Å². The Hall–Kier alpha value is -2.93. The number of imidazole rings is 1. The molecule has 3 aromatic rings. The summed E-state index contributed by atoms with van der Waals surface area (Å²) in [6, 6.07) is 6.74. The van der Waals surface area contributed by atoms with Crippen LogP contribution in [-0.4, -0.2) is 61.9 Å². The van der Waals surface area contributed by atoms with Crippen molar-refractivity contribution >= 4 is 59.5 Å². The summed E-state index contributed by atoms with van der Waals surface area (Å²) in [5, 5.41) is 11.5. The first kappa shape index (κ1) is 32.0. The summed E-state index contributed by atoms with van der Waals surface area (Å²) in [5.41, 5.74) is 8.26. The topological polar surface area (TPSA) is 135 Å². The SMILES string of the molecule is Cl.Cl.NC1CCC(Nc2nc(NC3CCN(OC(=O)Nc4ccc(F)cc4)CC3)c3ncn(C4CCCC4)c3n2)CC1. The third kappa shape index (κ3) is 7.71. The zero-order valence-corrected chi connectivity index (χ0v) is 25.1. The standard InChI is InChI=1S/C28H38FN9O2.2ClH/c29-18-5-9-21(10-6-18)34-28(39)40-37-15-13-22(14-16-37)32-25-24-26(38(17-31-24)23-3-1-2-4-23)36-27(35-25)33-20-11-7-19(30)8-12-20;;/h5-6,9-10,17,19-20,22-23H,1-4,7-8,11-16,30H2,(H,34,39)(H2,32,33,35,36);2*1H. The van der Waals surface area contributed by atoms with Crippen LogP contribution in [0, 0.1) is 5.82 Å². The Balaban J connectivity index is 0.00000202. The molecule has 1 aromatic carbocycles. The number of carbonyl (C=O) groups excluding carboxylic acids is 1. The lowest BCUT2D eigenvalue weighted by Gasteiger charge is -2.31. The number of rotatable bonds is 7. The molecule has 3 aliphatic rings. The van der Waals surface area contributed by atoms with E-state index < -0.39 is 6.09 Å². The van der Waals surface area contributed by atoms with Crippen LogP contribution in [0.1, 0.15) is 70.3 Å². The predicted octanol–water partition coefficient (Wildman–Crippen LogP) is 5.65. The van der Waals surface area contributed by atoms with Gasteiger partial charge in [-0.25, -0.2) is 14.2 Å². The van der Waals surface area contributed by atoms with Gasteiger partial charge in [-0.15, -0.1) is 29.9 Å². The number of carbonyl (C=O) groups is 1. The highest BCUT2D eigenvalue weighted by Crippen LogP contribution is 2.34. The van der Waals surface area contributed by atoms with E-state index >= 15 is 0 Å². The van der Waals surface area contributed by atoms with Crippen molar-refractivity contribution in [2.75, 3.05) is 29.0 Å². The number of hydrogen-bond acceptors (Lipinski definition) is 9. The number of piperidine rings is 1. The fraction of sp³-hybridized carbons (Fsp3) is 0.571. The molecule has 2 saturated carbocycles. The lowest BCUT2D eigenvalue weighted by molar-refractivity contribution is -0.106. The average molecular weight is 625 g/mol. The van der Waals surface area contributed by atoms with E-state index in [4.69, 9.17) is 25.5 Å². The quantitative estimate of drug-likeness (QED) is 0.263. The van der Waals surface area contributed by atoms with E-state index in [2.05, 4.69) is 20.5 Å². The molecule has 230 valence electrons. The molecule has 11 nitrogen and oxygen atoms in total. The second kappa shape index (κ2) is 14.5. The molecule has 3 fully saturated rings. The molecule has 14 heteroatoms. The summed E-state index contributed by atoms with van der Waals surface area (Å²) in [4.78, 5) is 32.3. The van der Waals surface area contributed by atoms with Gasteiger partial charge < -0.3 is 25.8 Å². The molecule has 42 heavy (non-hydrogen) atoms. The molecule has 0 unspecified atom stereocenters. The third-order valence-electron chi connectivity index (χ3n) is 8.34. The van der Waals surface area contributed by atoms with Gasteiger partial charge in [0, 0.05) is 42.9 Å². The number of amides is 1. The van der Waals surface area contributed by atoms with Crippen molar-refractivity contribution < 1.29 is 14.0 Å². The van der Waals surface area contributed by atoms with Gasteiger partial charge in [0.15, 0.2) is 17.0 Å². The van der Waals surface area contributed by atoms with Crippen molar-refractivity contribution in [3.05, 3.63) is 36.4 Å². The van der Waals surface area contributed by atoms with Crippen LogP contribution in [0.5, 0.6) is 0 Å². The highest BCUT2D eigenvalue weighted by atomic mass is 35.5. The molecule has 1 saturated heterocycles. The number of anilines is 3. The summed E-state index contributed by atoms with van der Waals surface area (Å²) in [6.45, 7) is 1.15. The average Bonchev–Trinajstić information content (AvgIpc) is 3.63. The number of nitrogens with zero attached hydrogens (tertiary/aromatic N) is 5. The van der Waals surface area contributed by atoms with E-state index in [0.717, 1.165) is 68.3 Å². The summed E-state index contributed by atoms with van der Waals surface area (Å²) in [7, 11) is 0. The largest absolute Gasteiger partial charge is 0.430 e. The van der Waals surface area contributed by atoms with E-state index in [1.165, 1.54) is 37.1 Å². The minimum absolute atomic E-state index is 0. The maximum absolute atomic E-state index is 13.1. The monoisotopic (exact) mass is 623 g/mol. The third-order valence-corrected chi connectivity index (χ3v) is 8.34. The second-order valence-electron chi connectivity index (χ2n) is 11.3. The number of benzene rings is 1. The molecule has 1 amide bonds. The van der Waals surface area contributed by atoms with Gasteiger partial charge >= 0.3 is 6.09 Å². The number of fused-ring (bicyclic) bond motifs is 1. The number of aromatic nitrogens is 4. The summed E-state index contributed by atoms with van der Waals surface area (Å²) >= 11 is 0. The van der Waals surface area contributed by atoms with Gasteiger partial charge in [-0.1, -0.05) is 12.8 Å². The molecule has 0 bridgehead atoms. The van der Waals surface area contributed by atoms with Crippen molar-refractivity contribution in [3.8, 4) is 0 Å². The predicted molar refractivity (Wildman–Crippen MR) is 166 cm³/mol. The van der Waals surface area contributed by atoms with E-state index in [9.17, 15) is 9.18 Å². The van der Waals surface area contributed by atoms with Crippen LogP contribution in [-0.2, 0) is 4.84 Å². The summed E-state index contributed by atoms with van der Waals surface area (Å²) < 4.78 is 15.3. The van der Waals surface area contributed by atoms with E-state index in [1.807, 2.05) is 6.33 Å². The Bertz CT molecular complexity index is 1310. The molecular weight excluding hydrogens is 584 g/mol. The Labute approximate surface area is 257 Å². The van der Waals surface area contributed by atoms with Crippen LogP contribution in [0.4, 0.5) is 26.6 Å². The van der Waals surface area contributed by atoms with Crippen molar-refractivity contribution in [2.24, 2.45) is 5.73 Å². The molecule has 0 atom stereocenters. The van der Waals surface area contributed by atoms with Gasteiger partial charge in [-0.2, -0.15) is 9.97 Å². The van der Waals surface area contributed by atoms with Crippen molar-refractivity contribution in [2.45, 2.75) is 88.4 Å². The number of halogens is 3. The molecule has 2 aromatic heterocycles. The van der Waals surface area contributed by atoms with Crippen LogP contribution in [0.15, 0.2) is 30.6 Å². The number of hydroxylamine groups is 2. The maximum atomic E-state index is 13.1. The fourth-order valence-corrected chi connectivity index (χ4v) is 6.05. The van der Waals surface area contributed by atoms with Crippen LogP contribution in [0.25, 0.3) is 11.2 Å². The zero-order valence-electron chi connectivity index (χ0n) is 23.5. The van der Waals surface area contributed by atoms with Gasteiger partial charge in [0.2, 0.25) is 5.95 Å². The van der Waals surface area contributed by atoms with Crippen molar-refractivity contribution in [3.63, 3.8) is 0 Å². The lowest BCUT2D eigenvalue weighted by Crippen LogP contribution is -2.41. The smallest absolute Gasteiger partial charge is 0.365 e. The highest BCUT2D eigenvalue weighted by Gasteiger charge is 2.27. The first-order chi connectivity index (χ1) is 19.5. The summed E-state index contributed by atoms with van der Waals surface area (Å²) in [5.74, 6) is 1.01. The first-order valence-electron chi connectivity index (χ1n) is 14.5. The molecule has 0 spiro atoms. The van der Waals surface area contributed by atoms with Gasteiger partial charge in [0.1, 0.15) is 5.82 Å². The molecule has 2 aliphatic carbocycles. The minimum atomic E-state index is -0.590. The first-order valence-corrected chi connectivity index (χ1v) is 14.5. The molecule has 5 N–H and O–H groups in total. The Morgan fingerprint density at radius 3 is 2.26 bits per heavy atom. The Morgan fingerprint density at radius 1 is 0.905 bits per heavy atom. The number of nitrogens with two attached hydrogens (primary N) is 1. The Morgan fingerprint density at radius 2 is 1.57 bits per heavy atom. The van der Waals surface area contributed by atoms with Gasteiger partial charge in [0.05, 0.1) is 6.33 Å². The van der Waals surface area contributed by atoms with Crippen LogP contribution < -0.4 is 21.7 Å². The Kier molecular flexibility index (Phi) is 11.0. The second-order valence-corrected chi connectivity index (χ2v) is 11.3. The normalized spacial score (nSPS) is 21.8. The van der Waals surface area contributed by atoms with Gasteiger partial charge in [-0.3, -0.25) is 5.32 Å². The molecule has 3 heterocycles. The lowest BCUT2D eigenvalue weighted by atomic mass is 9.92. The molecule has 0 radical (unpaired) electrons. The van der Waals surface area contributed by atoms with Crippen LogP contribution in [0.3, 0.4) is 0 Å². The van der Waals surface area contributed by atoms with E-state index in [-0.39, 0.29) is 42.7 Å². The van der Waals surface area contributed by atoms with Crippen LogP contribution in [0.2, 0.25) is 0 Å². The fourth-order valence-electron chi connectivity index (χ4n) is 6.05. The summed E-state index contributed by atoms with van der Waals surface area (Å²) in [6.07, 6.45) is 11.7. The van der Waals surface area contributed by atoms with E-state index in [1.54, 1.807) is 5.06 Å². The van der Waals surface area contributed by atoms with Gasteiger partial charge in [-0.05, 0) is 75.6 Å². The van der Waals surface area contributed by atoms with E-state index in [0.29, 0.717) is 36.8 Å². The maximum Gasteiger partial charge on any atom is 0.430 e. The zero-order chi connectivity index (χ0) is 27.5. The molecule has 1 aliphatic heterocycles. The highest BCUT2D eigenvalue weighted by molar-refractivity contribution is 5.86. The van der Waals surface area contributed by atoms with Crippen molar-refractivity contribution in [1.82, 2.24) is 24.6 Å².